The molecule has 0 N–H and O–H groups in total. The minimum atomic E-state index is 0.670. The predicted octanol–water partition coefficient (Wildman–Crippen LogP) is 4.74. The predicted molar refractivity (Wildman–Crippen MR) is 127 cm³/mol. The number of thiazole rings is 1. The third-order valence-electron chi connectivity index (χ3n) is 5.57. The molecule has 0 aliphatic carbocycles. The Bertz CT molecular complexity index is 1020. The highest BCUT2D eigenvalue weighted by Crippen LogP contribution is 2.23. The lowest BCUT2D eigenvalue weighted by atomic mass is 10.1. The molecule has 3 aromatic rings. The smallest absolute Gasteiger partial charge is 0.190 e. The summed E-state index contributed by atoms with van der Waals surface area (Å²) < 4.78 is 13.4. The van der Waals surface area contributed by atoms with Crippen LogP contribution in [0, 0.1) is 0 Å². The lowest BCUT2D eigenvalue weighted by Gasteiger charge is -2.26. The molecule has 0 amide bonds. The van der Waals surface area contributed by atoms with E-state index >= 15 is 0 Å². The Hall–Kier alpha value is -2.41. The maximum absolute atomic E-state index is 5.56. The zero-order valence-electron chi connectivity index (χ0n) is 18.4. The molecule has 1 fully saturated rings. The third kappa shape index (κ3) is 5.64. The lowest BCUT2D eigenvalue weighted by Crippen LogP contribution is -2.39. The molecule has 1 saturated heterocycles. The molecule has 0 atom stereocenters. The number of hydrogen-bond acceptors (Lipinski definition) is 5. The van der Waals surface area contributed by atoms with Gasteiger partial charge in [0.15, 0.2) is 4.80 Å². The van der Waals surface area contributed by atoms with Crippen LogP contribution in [0.5, 0.6) is 5.75 Å². The normalized spacial score (nSPS) is 15.4. The van der Waals surface area contributed by atoms with E-state index in [9.17, 15) is 0 Å². The van der Waals surface area contributed by atoms with Gasteiger partial charge < -0.3 is 14.0 Å². The van der Waals surface area contributed by atoms with Gasteiger partial charge in [-0.25, -0.2) is 4.99 Å². The number of aromatic nitrogens is 1. The van der Waals surface area contributed by atoms with Gasteiger partial charge in [0.2, 0.25) is 0 Å². The van der Waals surface area contributed by atoms with Gasteiger partial charge in [0.1, 0.15) is 5.75 Å². The molecule has 2 heterocycles. The Balaban J connectivity index is 1.65. The summed E-state index contributed by atoms with van der Waals surface area (Å²) in [6.45, 7) is 10.4. The molecule has 31 heavy (non-hydrogen) atoms. The molecule has 0 bridgehead atoms. The average Bonchev–Trinajstić information content (AvgIpc) is 3.22. The number of benzene rings is 2. The number of morpholine rings is 1. The maximum atomic E-state index is 5.56. The van der Waals surface area contributed by atoms with E-state index in [0.29, 0.717) is 6.61 Å². The number of rotatable bonds is 8. The van der Waals surface area contributed by atoms with E-state index < -0.39 is 0 Å². The van der Waals surface area contributed by atoms with Crippen LogP contribution in [0.2, 0.25) is 0 Å². The summed E-state index contributed by atoms with van der Waals surface area (Å²) in [7, 11) is 0. The molecule has 1 aromatic heterocycles. The fraction of sp³-hybridized carbons (Fsp3) is 0.400. The molecule has 0 unspecified atom stereocenters. The summed E-state index contributed by atoms with van der Waals surface area (Å²) in [4.78, 5) is 8.46. The molecule has 0 radical (unpaired) electrons. The molecule has 1 aliphatic heterocycles. The largest absolute Gasteiger partial charge is 0.494 e. The Kier molecular flexibility index (Phi) is 7.57. The minimum absolute atomic E-state index is 0.670. The second kappa shape index (κ2) is 10.8. The lowest BCUT2D eigenvalue weighted by molar-refractivity contribution is 0.0363. The first-order chi connectivity index (χ1) is 15.3. The standard InChI is InChI=1S/C25H31N3O2S/c1-3-20-5-7-21(8-6-20)24-19-31-25(26-22-9-11-23(12-10-22)30-4-2)28(24)14-13-27-15-17-29-18-16-27/h5-12,19H,3-4,13-18H2,1-2H3. The van der Waals surface area contributed by atoms with Crippen molar-refractivity contribution < 1.29 is 9.47 Å². The number of ether oxygens (including phenoxy) is 2. The number of aryl methyl sites for hydroxylation is 1. The van der Waals surface area contributed by atoms with E-state index in [1.54, 1.807) is 11.3 Å². The molecular weight excluding hydrogens is 406 g/mol. The van der Waals surface area contributed by atoms with Gasteiger partial charge in [0, 0.05) is 31.6 Å². The van der Waals surface area contributed by atoms with Gasteiger partial charge >= 0.3 is 0 Å². The Morgan fingerprint density at radius 2 is 1.71 bits per heavy atom. The summed E-state index contributed by atoms with van der Waals surface area (Å²) in [6.07, 6.45) is 1.05. The van der Waals surface area contributed by atoms with Crippen molar-refractivity contribution in [3.05, 3.63) is 64.3 Å². The van der Waals surface area contributed by atoms with E-state index in [0.717, 1.165) is 62.1 Å². The SMILES string of the molecule is CCOc1ccc(N=c2scc(-c3ccc(CC)cc3)n2CCN2CCOCC2)cc1. The minimum Gasteiger partial charge on any atom is -0.494 e. The van der Waals surface area contributed by atoms with Gasteiger partial charge in [-0.05, 0) is 48.7 Å². The van der Waals surface area contributed by atoms with Crippen molar-refractivity contribution in [3.8, 4) is 17.0 Å². The highest BCUT2D eigenvalue weighted by Gasteiger charge is 2.13. The van der Waals surface area contributed by atoms with E-state index in [2.05, 4.69) is 46.0 Å². The van der Waals surface area contributed by atoms with Crippen LogP contribution in [0.15, 0.2) is 58.9 Å². The first kappa shape index (κ1) is 21.8. The first-order valence-corrected chi connectivity index (χ1v) is 12.0. The second-order valence-corrected chi connectivity index (χ2v) is 8.43. The molecule has 0 saturated carbocycles. The molecule has 164 valence electrons. The van der Waals surface area contributed by atoms with Crippen LogP contribution in [0.25, 0.3) is 11.3 Å². The van der Waals surface area contributed by atoms with Gasteiger partial charge in [-0.2, -0.15) is 0 Å². The number of nitrogens with zero attached hydrogens (tertiary/aromatic N) is 3. The van der Waals surface area contributed by atoms with Crippen molar-refractivity contribution in [1.29, 1.82) is 0 Å². The highest BCUT2D eigenvalue weighted by atomic mass is 32.1. The Labute approximate surface area is 188 Å². The van der Waals surface area contributed by atoms with E-state index in [4.69, 9.17) is 14.5 Å². The van der Waals surface area contributed by atoms with Crippen LogP contribution < -0.4 is 9.54 Å². The van der Waals surface area contributed by atoms with Crippen molar-refractivity contribution in [2.24, 2.45) is 4.99 Å². The topological polar surface area (TPSA) is 39.0 Å². The average molecular weight is 438 g/mol. The molecule has 6 heteroatoms. The van der Waals surface area contributed by atoms with Crippen LogP contribution in [0.4, 0.5) is 5.69 Å². The van der Waals surface area contributed by atoms with Gasteiger partial charge in [-0.1, -0.05) is 31.2 Å². The van der Waals surface area contributed by atoms with Gasteiger partial charge in [0.25, 0.3) is 0 Å². The van der Waals surface area contributed by atoms with Crippen molar-refractivity contribution in [2.75, 3.05) is 39.5 Å². The molecular formula is C25H31N3O2S. The second-order valence-electron chi connectivity index (χ2n) is 7.60. The zero-order chi connectivity index (χ0) is 21.5. The van der Waals surface area contributed by atoms with Gasteiger partial charge in [-0.3, -0.25) is 4.90 Å². The van der Waals surface area contributed by atoms with E-state index in [1.165, 1.54) is 16.8 Å². The summed E-state index contributed by atoms with van der Waals surface area (Å²) in [5.74, 6) is 0.879. The monoisotopic (exact) mass is 437 g/mol. The fourth-order valence-corrected chi connectivity index (χ4v) is 4.69. The van der Waals surface area contributed by atoms with Crippen LogP contribution in [0.1, 0.15) is 19.4 Å². The molecule has 4 rings (SSSR count). The highest BCUT2D eigenvalue weighted by molar-refractivity contribution is 7.07. The van der Waals surface area contributed by atoms with E-state index in [-0.39, 0.29) is 0 Å². The summed E-state index contributed by atoms with van der Waals surface area (Å²) >= 11 is 1.70. The summed E-state index contributed by atoms with van der Waals surface area (Å²) in [5.41, 5.74) is 4.77. The zero-order valence-corrected chi connectivity index (χ0v) is 19.2. The van der Waals surface area contributed by atoms with Crippen LogP contribution in [-0.4, -0.2) is 48.9 Å². The van der Waals surface area contributed by atoms with Crippen LogP contribution in [-0.2, 0) is 17.7 Å². The van der Waals surface area contributed by atoms with Crippen LogP contribution in [0.3, 0.4) is 0 Å². The fourth-order valence-electron chi connectivity index (χ4n) is 3.74. The Morgan fingerprint density at radius 3 is 2.39 bits per heavy atom. The number of hydrogen-bond donors (Lipinski definition) is 0. The molecule has 5 nitrogen and oxygen atoms in total. The molecule has 1 aliphatic rings. The first-order valence-electron chi connectivity index (χ1n) is 11.1. The quantitative estimate of drug-likeness (QED) is 0.511. The van der Waals surface area contributed by atoms with Crippen molar-refractivity contribution >= 4 is 17.0 Å². The van der Waals surface area contributed by atoms with E-state index in [1.807, 2.05) is 31.2 Å². The molecule has 0 spiro atoms. The van der Waals surface area contributed by atoms with Crippen molar-refractivity contribution in [2.45, 2.75) is 26.8 Å². The van der Waals surface area contributed by atoms with Crippen molar-refractivity contribution in [3.63, 3.8) is 0 Å². The Morgan fingerprint density at radius 1 is 0.968 bits per heavy atom. The van der Waals surface area contributed by atoms with Crippen molar-refractivity contribution in [1.82, 2.24) is 9.47 Å². The summed E-state index contributed by atoms with van der Waals surface area (Å²) in [6, 6.07) is 16.9. The summed E-state index contributed by atoms with van der Waals surface area (Å²) in [5, 5.41) is 2.23. The van der Waals surface area contributed by atoms with Gasteiger partial charge in [-0.15, -0.1) is 11.3 Å². The van der Waals surface area contributed by atoms with Crippen LogP contribution >= 0.6 is 11.3 Å². The van der Waals surface area contributed by atoms with Gasteiger partial charge in [0.05, 0.1) is 31.2 Å². The molecule has 2 aromatic carbocycles. The maximum Gasteiger partial charge on any atom is 0.190 e. The third-order valence-corrected chi connectivity index (χ3v) is 6.44.